The zero-order valence-electron chi connectivity index (χ0n) is 12.4. The number of pyridine rings is 1. The summed E-state index contributed by atoms with van der Waals surface area (Å²) in [5.74, 6) is 0.870. The summed E-state index contributed by atoms with van der Waals surface area (Å²) in [6.07, 6.45) is 3.61. The highest BCUT2D eigenvalue weighted by Gasteiger charge is 2.20. The fourth-order valence-electron chi connectivity index (χ4n) is 2.50. The molecule has 0 fully saturated rings. The molecule has 0 radical (unpaired) electrons. The van der Waals surface area contributed by atoms with Crippen molar-refractivity contribution in [1.82, 2.24) is 15.2 Å². The minimum atomic E-state index is 0.0367. The monoisotopic (exact) mass is 316 g/mol. The van der Waals surface area contributed by atoms with Crippen molar-refractivity contribution < 1.29 is 4.79 Å². The van der Waals surface area contributed by atoms with E-state index in [1.54, 1.807) is 17.5 Å². The van der Waals surface area contributed by atoms with Crippen molar-refractivity contribution in [2.75, 3.05) is 25.0 Å². The number of rotatable bonds is 5. The molecule has 2 aromatic heterocycles. The Bertz CT molecular complexity index is 614. The van der Waals surface area contributed by atoms with Crippen molar-refractivity contribution in [3.05, 3.63) is 46.3 Å². The van der Waals surface area contributed by atoms with Crippen LogP contribution in [0, 0.1) is 0 Å². The predicted octanol–water partition coefficient (Wildman–Crippen LogP) is 2.71. The second-order valence-electron chi connectivity index (χ2n) is 5.27. The number of carbonyl (C=O) groups excluding carboxylic acids is 1. The normalized spacial score (nSPS) is 13.5. The first-order valence-corrected chi connectivity index (χ1v) is 8.44. The van der Waals surface area contributed by atoms with E-state index in [0.29, 0.717) is 6.54 Å². The van der Waals surface area contributed by atoms with Crippen LogP contribution in [0.25, 0.3) is 0 Å². The van der Waals surface area contributed by atoms with Gasteiger partial charge in [-0.1, -0.05) is 6.07 Å². The number of urea groups is 1. The van der Waals surface area contributed by atoms with Crippen LogP contribution in [0.15, 0.2) is 35.8 Å². The quantitative estimate of drug-likeness (QED) is 0.834. The van der Waals surface area contributed by atoms with Gasteiger partial charge in [0.2, 0.25) is 0 Å². The molecule has 6 heteroatoms. The average molecular weight is 316 g/mol. The summed E-state index contributed by atoms with van der Waals surface area (Å²) in [6.45, 7) is 3.01. The SMILES string of the molecule is O=C(NCCCNc1ccccn1)N1CCc2sccc2C1. The molecular formula is C16H20N4OS. The van der Waals surface area contributed by atoms with Gasteiger partial charge in [0, 0.05) is 37.3 Å². The number of thiophene rings is 1. The standard InChI is InChI=1S/C16H20N4OS/c21-16(20-10-5-14-13(12-20)6-11-22-14)19-9-3-8-18-15-4-1-2-7-17-15/h1-2,4,6-7,11H,3,5,8-10,12H2,(H,17,18)(H,19,21). The second-order valence-corrected chi connectivity index (χ2v) is 6.27. The lowest BCUT2D eigenvalue weighted by molar-refractivity contribution is 0.193. The van der Waals surface area contributed by atoms with Crippen LogP contribution < -0.4 is 10.6 Å². The first-order valence-electron chi connectivity index (χ1n) is 7.56. The largest absolute Gasteiger partial charge is 0.370 e. The zero-order valence-corrected chi connectivity index (χ0v) is 13.2. The van der Waals surface area contributed by atoms with Crippen molar-refractivity contribution in [3.63, 3.8) is 0 Å². The van der Waals surface area contributed by atoms with Crippen molar-refractivity contribution in [2.45, 2.75) is 19.4 Å². The van der Waals surface area contributed by atoms with Gasteiger partial charge in [0.15, 0.2) is 0 Å². The third kappa shape index (κ3) is 3.76. The molecule has 2 amide bonds. The number of hydrogen-bond acceptors (Lipinski definition) is 4. The van der Waals surface area contributed by atoms with Crippen LogP contribution in [0.5, 0.6) is 0 Å². The Morgan fingerprint density at radius 1 is 1.32 bits per heavy atom. The number of fused-ring (bicyclic) bond motifs is 1. The Labute approximate surface area is 134 Å². The van der Waals surface area contributed by atoms with Gasteiger partial charge < -0.3 is 15.5 Å². The fourth-order valence-corrected chi connectivity index (χ4v) is 3.39. The summed E-state index contributed by atoms with van der Waals surface area (Å²) < 4.78 is 0. The molecule has 3 rings (SSSR count). The fraction of sp³-hybridized carbons (Fsp3) is 0.375. The molecule has 116 valence electrons. The summed E-state index contributed by atoms with van der Waals surface area (Å²) in [6, 6.07) is 7.94. The first-order chi connectivity index (χ1) is 10.8. The number of amides is 2. The third-order valence-electron chi connectivity index (χ3n) is 3.70. The van der Waals surface area contributed by atoms with E-state index < -0.39 is 0 Å². The van der Waals surface area contributed by atoms with Crippen molar-refractivity contribution >= 4 is 23.2 Å². The first kappa shape index (κ1) is 14.8. The molecule has 0 aliphatic carbocycles. The lowest BCUT2D eigenvalue weighted by atomic mass is 10.1. The number of aromatic nitrogens is 1. The molecule has 0 atom stereocenters. The highest BCUT2D eigenvalue weighted by Crippen LogP contribution is 2.23. The summed E-state index contributed by atoms with van der Waals surface area (Å²) in [5, 5.41) is 8.33. The van der Waals surface area contributed by atoms with E-state index in [0.717, 1.165) is 38.3 Å². The number of hydrogen-bond donors (Lipinski definition) is 2. The molecule has 1 aliphatic rings. The van der Waals surface area contributed by atoms with E-state index in [4.69, 9.17) is 0 Å². The lowest BCUT2D eigenvalue weighted by Crippen LogP contribution is -2.42. The predicted molar refractivity (Wildman–Crippen MR) is 89.2 cm³/mol. The number of anilines is 1. The van der Waals surface area contributed by atoms with Gasteiger partial charge in [0.25, 0.3) is 0 Å². The van der Waals surface area contributed by atoms with Gasteiger partial charge in [-0.3, -0.25) is 0 Å². The topological polar surface area (TPSA) is 57.3 Å². The van der Waals surface area contributed by atoms with Crippen molar-refractivity contribution in [1.29, 1.82) is 0 Å². The molecule has 2 aromatic rings. The maximum Gasteiger partial charge on any atom is 0.317 e. The Morgan fingerprint density at radius 3 is 3.14 bits per heavy atom. The maximum absolute atomic E-state index is 12.1. The lowest BCUT2D eigenvalue weighted by Gasteiger charge is -2.27. The highest BCUT2D eigenvalue weighted by atomic mass is 32.1. The van der Waals surface area contributed by atoms with E-state index in [1.807, 2.05) is 23.1 Å². The van der Waals surface area contributed by atoms with Crippen LogP contribution in [-0.4, -0.2) is 35.5 Å². The van der Waals surface area contributed by atoms with Crippen molar-refractivity contribution in [3.8, 4) is 0 Å². The highest BCUT2D eigenvalue weighted by molar-refractivity contribution is 7.10. The molecule has 0 aromatic carbocycles. The van der Waals surface area contributed by atoms with E-state index in [9.17, 15) is 4.79 Å². The molecule has 0 saturated carbocycles. The summed E-state index contributed by atoms with van der Waals surface area (Å²) in [5.41, 5.74) is 1.29. The van der Waals surface area contributed by atoms with Gasteiger partial charge in [0.05, 0.1) is 0 Å². The second kappa shape index (κ2) is 7.26. The molecule has 0 spiro atoms. The van der Waals surface area contributed by atoms with Crippen molar-refractivity contribution in [2.24, 2.45) is 0 Å². The number of carbonyl (C=O) groups is 1. The molecule has 2 N–H and O–H groups in total. The van der Waals surface area contributed by atoms with Gasteiger partial charge in [0.1, 0.15) is 5.82 Å². The van der Waals surface area contributed by atoms with Crippen LogP contribution >= 0.6 is 11.3 Å². The maximum atomic E-state index is 12.1. The summed E-state index contributed by atoms with van der Waals surface area (Å²) in [4.78, 5) is 19.7. The van der Waals surface area contributed by atoms with Gasteiger partial charge in [-0.05, 0) is 42.0 Å². The zero-order chi connectivity index (χ0) is 15.2. The number of nitrogens with zero attached hydrogens (tertiary/aromatic N) is 2. The van der Waals surface area contributed by atoms with E-state index in [-0.39, 0.29) is 6.03 Å². The van der Waals surface area contributed by atoms with Crippen LogP contribution in [0.1, 0.15) is 16.9 Å². The minimum Gasteiger partial charge on any atom is -0.370 e. The Balaban J connectivity index is 1.35. The molecule has 0 bridgehead atoms. The van der Waals surface area contributed by atoms with Crippen LogP contribution in [-0.2, 0) is 13.0 Å². The molecule has 5 nitrogen and oxygen atoms in total. The molecular weight excluding hydrogens is 296 g/mol. The third-order valence-corrected chi connectivity index (χ3v) is 4.72. The Morgan fingerprint density at radius 2 is 2.27 bits per heavy atom. The summed E-state index contributed by atoms with van der Waals surface area (Å²) in [7, 11) is 0. The Hall–Kier alpha value is -2.08. The van der Waals surface area contributed by atoms with E-state index in [1.165, 1.54) is 10.4 Å². The van der Waals surface area contributed by atoms with Crippen LogP contribution in [0.3, 0.4) is 0 Å². The Kier molecular flexibility index (Phi) is 4.90. The van der Waals surface area contributed by atoms with Gasteiger partial charge >= 0.3 is 6.03 Å². The van der Waals surface area contributed by atoms with Gasteiger partial charge in [-0.25, -0.2) is 9.78 Å². The van der Waals surface area contributed by atoms with Crippen LogP contribution in [0.4, 0.5) is 10.6 Å². The summed E-state index contributed by atoms with van der Waals surface area (Å²) >= 11 is 1.79. The average Bonchev–Trinajstić information content (AvgIpc) is 3.03. The molecule has 22 heavy (non-hydrogen) atoms. The van der Waals surface area contributed by atoms with Gasteiger partial charge in [-0.15, -0.1) is 11.3 Å². The smallest absolute Gasteiger partial charge is 0.317 e. The van der Waals surface area contributed by atoms with Crippen LogP contribution in [0.2, 0.25) is 0 Å². The number of nitrogens with one attached hydrogen (secondary N) is 2. The molecule has 3 heterocycles. The molecule has 0 unspecified atom stereocenters. The van der Waals surface area contributed by atoms with E-state index in [2.05, 4.69) is 27.1 Å². The molecule has 1 aliphatic heterocycles. The van der Waals surface area contributed by atoms with Gasteiger partial charge in [-0.2, -0.15) is 0 Å². The minimum absolute atomic E-state index is 0.0367. The molecule has 0 saturated heterocycles. The van der Waals surface area contributed by atoms with E-state index >= 15 is 0 Å².